The molecule has 0 bridgehead atoms. The van der Waals surface area contributed by atoms with Gasteiger partial charge in [-0.2, -0.15) is 0 Å². The van der Waals surface area contributed by atoms with Crippen LogP contribution in [0.4, 0.5) is 0 Å². The van der Waals surface area contributed by atoms with Gasteiger partial charge in [-0.3, -0.25) is 9.69 Å². The summed E-state index contributed by atoms with van der Waals surface area (Å²) in [7, 11) is 0. The molecule has 2 aliphatic heterocycles. The Morgan fingerprint density at radius 3 is 2.76 bits per heavy atom. The molecule has 2 fully saturated rings. The van der Waals surface area contributed by atoms with E-state index in [1.54, 1.807) is 0 Å². The topological polar surface area (TPSA) is 49.6 Å². The van der Waals surface area contributed by atoms with E-state index in [1.165, 1.54) is 25.9 Å². The quantitative estimate of drug-likeness (QED) is 0.702. The molecule has 0 saturated carbocycles. The standard InChI is InChI=1S/C13H21N3O/c1-2-5-12(14)13(17)16-9-6-11(10-16)15-7-3-4-8-15/h1,11-12H,3-10,14H2. The fourth-order valence-corrected chi connectivity index (χ4v) is 2.80. The first kappa shape index (κ1) is 12.4. The smallest absolute Gasteiger partial charge is 0.240 e. The molecule has 2 heterocycles. The van der Waals surface area contributed by atoms with Crippen LogP contribution in [0, 0.1) is 12.3 Å². The highest BCUT2D eigenvalue weighted by molar-refractivity contribution is 5.82. The van der Waals surface area contributed by atoms with Crippen LogP contribution >= 0.6 is 0 Å². The molecule has 1 amide bonds. The zero-order valence-corrected chi connectivity index (χ0v) is 10.3. The van der Waals surface area contributed by atoms with Gasteiger partial charge in [-0.1, -0.05) is 0 Å². The Labute approximate surface area is 103 Å². The molecule has 2 saturated heterocycles. The van der Waals surface area contributed by atoms with E-state index in [-0.39, 0.29) is 5.91 Å². The summed E-state index contributed by atoms with van der Waals surface area (Å²) in [5, 5.41) is 0. The Bertz CT molecular complexity index is 317. The van der Waals surface area contributed by atoms with Gasteiger partial charge in [-0.05, 0) is 32.4 Å². The molecule has 0 aromatic rings. The summed E-state index contributed by atoms with van der Waals surface area (Å²) < 4.78 is 0. The van der Waals surface area contributed by atoms with Crippen LogP contribution in [0.25, 0.3) is 0 Å². The minimum atomic E-state index is -0.516. The summed E-state index contributed by atoms with van der Waals surface area (Å²) in [4.78, 5) is 16.4. The van der Waals surface area contributed by atoms with Crippen LogP contribution in [0.5, 0.6) is 0 Å². The first-order chi connectivity index (χ1) is 8.22. The number of hydrogen-bond donors (Lipinski definition) is 1. The van der Waals surface area contributed by atoms with E-state index in [4.69, 9.17) is 12.2 Å². The van der Waals surface area contributed by atoms with Gasteiger partial charge in [0.05, 0.1) is 6.04 Å². The van der Waals surface area contributed by atoms with Crippen LogP contribution in [0.2, 0.25) is 0 Å². The van der Waals surface area contributed by atoms with Crippen LogP contribution in [0.15, 0.2) is 0 Å². The third-order valence-electron chi connectivity index (χ3n) is 3.79. The predicted octanol–water partition coefficient (Wildman–Crippen LogP) is 0.0337. The van der Waals surface area contributed by atoms with Gasteiger partial charge in [0, 0.05) is 25.6 Å². The average Bonchev–Trinajstić information content (AvgIpc) is 2.98. The lowest BCUT2D eigenvalue weighted by atomic mass is 10.2. The molecule has 2 N–H and O–H groups in total. The summed E-state index contributed by atoms with van der Waals surface area (Å²) >= 11 is 0. The van der Waals surface area contributed by atoms with Gasteiger partial charge in [0.25, 0.3) is 0 Å². The lowest BCUT2D eigenvalue weighted by Crippen LogP contribution is -2.44. The molecular weight excluding hydrogens is 214 g/mol. The van der Waals surface area contributed by atoms with Crippen LogP contribution in [-0.4, -0.2) is 54.0 Å². The Balaban J connectivity index is 1.84. The maximum atomic E-state index is 12.0. The molecule has 2 unspecified atom stereocenters. The van der Waals surface area contributed by atoms with E-state index in [9.17, 15) is 4.79 Å². The third kappa shape index (κ3) is 2.80. The van der Waals surface area contributed by atoms with Gasteiger partial charge in [0.2, 0.25) is 5.91 Å². The second kappa shape index (κ2) is 5.52. The highest BCUT2D eigenvalue weighted by atomic mass is 16.2. The Morgan fingerprint density at radius 2 is 2.12 bits per heavy atom. The lowest BCUT2D eigenvalue weighted by molar-refractivity contribution is -0.131. The molecular formula is C13H21N3O. The van der Waals surface area contributed by atoms with Crippen molar-refractivity contribution < 1.29 is 4.79 Å². The number of nitrogens with zero attached hydrogens (tertiary/aromatic N) is 2. The Hall–Kier alpha value is -1.05. The van der Waals surface area contributed by atoms with Crippen LogP contribution in [-0.2, 0) is 4.79 Å². The van der Waals surface area contributed by atoms with Crippen LogP contribution in [0.1, 0.15) is 25.7 Å². The zero-order valence-electron chi connectivity index (χ0n) is 10.3. The van der Waals surface area contributed by atoms with E-state index in [1.807, 2.05) is 4.90 Å². The number of nitrogens with two attached hydrogens (primary N) is 1. The van der Waals surface area contributed by atoms with Gasteiger partial charge in [-0.15, -0.1) is 12.3 Å². The van der Waals surface area contributed by atoms with Crippen molar-refractivity contribution >= 4 is 5.91 Å². The molecule has 2 rings (SSSR count). The maximum absolute atomic E-state index is 12.0. The van der Waals surface area contributed by atoms with Gasteiger partial charge in [0.1, 0.15) is 0 Å². The minimum absolute atomic E-state index is 0.0182. The number of carbonyl (C=O) groups is 1. The molecule has 4 heteroatoms. The van der Waals surface area contributed by atoms with Crippen molar-refractivity contribution in [1.29, 1.82) is 0 Å². The molecule has 0 radical (unpaired) electrons. The van der Waals surface area contributed by atoms with Crippen molar-refractivity contribution in [2.45, 2.75) is 37.8 Å². The minimum Gasteiger partial charge on any atom is -0.340 e. The van der Waals surface area contributed by atoms with Gasteiger partial charge < -0.3 is 10.6 Å². The van der Waals surface area contributed by atoms with Crippen LogP contribution in [0.3, 0.4) is 0 Å². The number of likely N-dealkylation sites (tertiary alicyclic amines) is 2. The first-order valence-corrected chi connectivity index (χ1v) is 6.44. The number of carbonyl (C=O) groups excluding carboxylic acids is 1. The first-order valence-electron chi connectivity index (χ1n) is 6.44. The average molecular weight is 235 g/mol. The van der Waals surface area contributed by atoms with Crippen molar-refractivity contribution in [3.8, 4) is 12.3 Å². The monoisotopic (exact) mass is 235 g/mol. The fourth-order valence-electron chi connectivity index (χ4n) is 2.80. The highest BCUT2D eigenvalue weighted by Crippen LogP contribution is 2.20. The van der Waals surface area contributed by atoms with Crippen molar-refractivity contribution in [1.82, 2.24) is 9.80 Å². The van der Waals surface area contributed by atoms with Crippen molar-refractivity contribution in [3.63, 3.8) is 0 Å². The van der Waals surface area contributed by atoms with E-state index < -0.39 is 6.04 Å². The summed E-state index contributed by atoms with van der Waals surface area (Å²) in [5.74, 6) is 2.47. The number of rotatable bonds is 3. The molecule has 0 aromatic heterocycles. The SMILES string of the molecule is C#CCC(N)C(=O)N1CCC(N2CCCC2)C1. The van der Waals surface area contributed by atoms with E-state index in [0.717, 1.165) is 19.5 Å². The number of terminal acetylenes is 1. The summed E-state index contributed by atoms with van der Waals surface area (Å²) in [5.41, 5.74) is 5.76. The van der Waals surface area contributed by atoms with E-state index in [0.29, 0.717) is 12.5 Å². The Kier molecular flexibility index (Phi) is 4.03. The fraction of sp³-hybridized carbons (Fsp3) is 0.769. The van der Waals surface area contributed by atoms with Crippen molar-refractivity contribution in [2.75, 3.05) is 26.2 Å². The number of amides is 1. The zero-order chi connectivity index (χ0) is 12.3. The molecule has 17 heavy (non-hydrogen) atoms. The second-order valence-corrected chi connectivity index (χ2v) is 4.98. The molecule has 0 aromatic carbocycles. The van der Waals surface area contributed by atoms with Crippen molar-refractivity contribution in [3.05, 3.63) is 0 Å². The molecule has 2 atom stereocenters. The summed E-state index contributed by atoms with van der Waals surface area (Å²) in [6, 6.07) is 0.0248. The summed E-state index contributed by atoms with van der Waals surface area (Å²) in [6.07, 6.45) is 9.18. The van der Waals surface area contributed by atoms with Gasteiger partial charge in [0.15, 0.2) is 0 Å². The summed E-state index contributed by atoms with van der Waals surface area (Å²) in [6.45, 7) is 4.03. The largest absolute Gasteiger partial charge is 0.340 e. The van der Waals surface area contributed by atoms with Gasteiger partial charge >= 0.3 is 0 Å². The Morgan fingerprint density at radius 1 is 1.41 bits per heavy atom. The lowest BCUT2D eigenvalue weighted by Gasteiger charge is -2.24. The van der Waals surface area contributed by atoms with Crippen LogP contribution < -0.4 is 5.73 Å². The molecule has 0 aliphatic carbocycles. The number of hydrogen-bond acceptors (Lipinski definition) is 3. The predicted molar refractivity (Wildman–Crippen MR) is 67.2 cm³/mol. The molecule has 2 aliphatic rings. The molecule has 94 valence electrons. The van der Waals surface area contributed by atoms with E-state index in [2.05, 4.69) is 10.8 Å². The van der Waals surface area contributed by atoms with Gasteiger partial charge in [-0.25, -0.2) is 0 Å². The molecule has 4 nitrogen and oxygen atoms in total. The molecule has 0 spiro atoms. The highest BCUT2D eigenvalue weighted by Gasteiger charge is 2.32. The second-order valence-electron chi connectivity index (χ2n) is 4.98. The van der Waals surface area contributed by atoms with Crippen molar-refractivity contribution in [2.24, 2.45) is 5.73 Å². The third-order valence-corrected chi connectivity index (χ3v) is 3.79. The maximum Gasteiger partial charge on any atom is 0.240 e. The normalized spacial score (nSPS) is 27.1. The van der Waals surface area contributed by atoms with E-state index >= 15 is 0 Å².